The monoisotopic (exact) mass is 261 g/mol. The summed E-state index contributed by atoms with van der Waals surface area (Å²) in [6.45, 7) is 5.84. The molecule has 0 spiro atoms. The van der Waals surface area contributed by atoms with Gasteiger partial charge in [0.1, 0.15) is 11.5 Å². The number of furan rings is 1. The molecule has 2 heterocycles. The number of nitriles is 1. The number of carbonyl (C=O) groups excluding carboxylic acids is 1. The lowest BCUT2D eigenvalue weighted by Crippen LogP contribution is -2.44. The predicted octanol–water partition coefficient (Wildman–Crippen LogP) is 1.61. The molecule has 0 atom stereocenters. The van der Waals surface area contributed by atoms with Crippen LogP contribution in [0.2, 0.25) is 0 Å². The van der Waals surface area contributed by atoms with Gasteiger partial charge in [-0.05, 0) is 32.8 Å². The molecular weight excluding hydrogens is 242 g/mol. The van der Waals surface area contributed by atoms with Gasteiger partial charge in [-0.2, -0.15) is 5.26 Å². The van der Waals surface area contributed by atoms with E-state index in [2.05, 4.69) is 16.3 Å². The Labute approximate surface area is 113 Å². The van der Waals surface area contributed by atoms with Gasteiger partial charge in [-0.25, -0.2) is 0 Å². The number of amides is 1. The highest BCUT2D eigenvalue weighted by molar-refractivity contribution is 5.95. The van der Waals surface area contributed by atoms with Crippen LogP contribution in [0.5, 0.6) is 0 Å². The number of rotatable bonds is 3. The Hall–Kier alpha value is -1.80. The lowest BCUT2D eigenvalue weighted by atomic mass is 10.0. The second-order valence-corrected chi connectivity index (χ2v) is 5.01. The zero-order chi connectivity index (χ0) is 13.8. The standard InChI is InChI=1S/C14H19N3O2/c1-10-9-13(11(2)19-10)14(18)16-12-3-6-17(7-4-12)8-5-15/h9,12H,3-4,6-8H2,1-2H3,(H,16,18). The molecule has 1 amide bonds. The van der Waals surface area contributed by atoms with Gasteiger partial charge in [0.15, 0.2) is 0 Å². The largest absolute Gasteiger partial charge is 0.466 e. The summed E-state index contributed by atoms with van der Waals surface area (Å²) in [6, 6.07) is 4.12. The molecule has 5 heteroatoms. The number of piperidine rings is 1. The number of hydrogen-bond acceptors (Lipinski definition) is 4. The number of likely N-dealkylation sites (tertiary alicyclic amines) is 1. The first-order valence-electron chi connectivity index (χ1n) is 6.57. The highest BCUT2D eigenvalue weighted by atomic mass is 16.3. The van der Waals surface area contributed by atoms with Crippen molar-refractivity contribution in [3.05, 3.63) is 23.2 Å². The van der Waals surface area contributed by atoms with Gasteiger partial charge in [-0.1, -0.05) is 0 Å². The summed E-state index contributed by atoms with van der Waals surface area (Å²) in [5.41, 5.74) is 0.622. The average Bonchev–Trinajstić information content (AvgIpc) is 2.71. The van der Waals surface area contributed by atoms with Crippen molar-refractivity contribution in [2.24, 2.45) is 0 Å². The Morgan fingerprint density at radius 1 is 1.53 bits per heavy atom. The van der Waals surface area contributed by atoms with Crippen LogP contribution < -0.4 is 5.32 Å². The van der Waals surface area contributed by atoms with Crippen LogP contribution in [0, 0.1) is 25.2 Å². The lowest BCUT2D eigenvalue weighted by Gasteiger charge is -2.30. The fourth-order valence-electron chi connectivity index (χ4n) is 2.45. The van der Waals surface area contributed by atoms with E-state index in [1.165, 1.54) is 0 Å². The zero-order valence-electron chi connectivity index (χ0n) is 11.4. The van der Waals surface area contributed by atoms with Crippen molar-refractivity contribution in [1.29, 1.82) is 5.26 Å². The van der Waals surface area contributed by atoms with Crippen LogP contribution in [-0.4, -0.2) is 36.5 Å². The van der Waals surface area contributed by atoms with E-state index >= 15 is 0 Å². The van der Waals surface area contributed by atoms with Crippen LogP contribution in [0.1, 0.15) is 34.7 Å². The van der Waals surface area contributed by atoms with Gasteiger partial charge in [0, 0.05) is 19.1 Å². The first-order chi connectivity index (χ1) is 9.10. The van der Waals surface area contributed by atoms with Gasteiger partial charge >= 0.3 is 0 Å². The summed E-state index contributed by atoms with van der Waals surface area (Å²) in [5.74, 6) is 1.36. The van der Waals surface area contributed by atoms with Gasteiger partial charge in [-0.15, -0.1) is 0 Å². The van der Waals surface area contributed by atoms with E-state index in [0.717, 1.165) is 31.7 Å². The minimum atomic E-state index is -0.0620. The average molecular weight is 261 g/mol. The van der Waals surface area contributed by atoms with E-state index in [1.807, 2.05) is 6.92 Å². The Morgan fingerprint density at radius 2 is 2.21 bits per heavy atom. The third-order valence-electron chi connectivity index (χ3n) is 3.50. The topological polar surface area (TPSA) is 69.3 Å². The molecular formula is C14H19N3O2. The fourth-order valence-corrected chi connectivity index (χ4v) is 2.45. The van der Waals surface area contributed by atoms with Crippen LogP contribution in [0.4, 0.5) is 0 Å². The Kier molecular flexibility index (Phi) is 4.23. The van der Waals surface area contributed by atoms with E-state index in [-0.39, 0.29) is 11.9 Å². The number of nitrogens with zero attached hydrogens (tertiary/aromatic N) is 2. The maximum Gasteiger partial charge on any atom is 0.255 e. The van der Waals surface area contributed by atoms with Crippen LogP contribution in [-0.2, 0) is 0 Å². The predicted molar refractivity (Wildman–Crippen MR) is 70.7 cm³/mol. The number of nitrogens with one attached hydrogen (secondary N) is 1. The molecule has 0 aliphatic carbocycles. The molecule has 0 unspecified atom stereocenters. The second kappa shape index (κ2) is 5.89. The normalized spacial score (nSPS) is 17.1. The molecule has 1 aromatic rings. The van der Waals surface area contributed by atoms with E-state index < -0.39 is 0 Å². The molecule has 5 nitrogen and oxygen atoms in total. The Bertz CT molecular complexity index is 493. The molecule has 1 fully saturated rings. The lowest BCUT2D eigenvalue weighted by molar-refractivity contribution is 0.0913. The summed E-state index contributed by atoms with van der Waals surface area (Å²) in [5, 5.41) is 11.7. The molecule has 2 rings (SSSR count). The van der Waals surface area contributed by atoms with E-state index in [9.17, 15) is 4.79 Å². The summed E-state index contributed by atoms with van der Waals surface area (Å²) in [4.78, 5) is 14.2. The van der Waals surface area contributed by atoms with E-state index in [0.29, 0.717) is 17.9 Å². The van der Waals surface area contributed by atoms with Gasteiger partial charge in [0.25, 0.3) is 5.91 Å². The number of aryl methyl sites for hydroxylation is 2. The van der Waals surface area contributed by atoms with Gasteiger partial charge in [0.2, 0.25) is 0 Å². The first kappa shape index (κ1) is 13.6. The van der Waals surface area contributed by atoms with Gasteiger partial charge in [0.05, 0.1) is 18.2 Å². The summed E-state index contributed by atoms with van der Waals surface area (Å²) in [6.07, 6.45) is 1.78. The highest BCUT2D eigenvalue weighted by Gasteiger charge is 2.22. The Balaban J connectivity index is 1.88. The zero-order valence-corrected chi connectivity index (χ0v) is 11.4. The van der Waals surface area contributed by atoms with Crippen molar-refractivity contribution in [2.45, 2.75) is 32.7 Å². The van der Waals surface area contributed by atoms with Crippen molar-refractivity contribution in [1.82, 2.24) is 10.2 Å². The third kappa shape index (κ3) is 3.36. The maximum atomic E-state index is 12.1. The molecule has 1 aromatic heterocycles. The van der Waals surface area contributed by atoms with Crippen LogP contribution >= 0.6 is 0 Å². The molecule has 1 N–H and O–H groups in total. The van der Waals surface area contributed by atoms with Crippen molar-refractivity contribution in [3.63, 3.8) is 0 Å². The minimum Gasteiger partial charge on any atom is -0.466 e. The molecule has 1 saturated heterocycles. The molecule has 102 valence electrons. The molecule has 1 aliphatic heterocycles. The van der Waals surface area contributed by atoms with Crippen molar-refractivity contribution in [3.8, 4) is 6.07 Å². The quantitative estimate of drug-likeness (QED) is 0.839. The molecule has 0 aromatic carbocycles. The fraction of sp³-hybridized carbons (Fsp3) is 0.571. The van der Waals surface area contributed by atoms with E-state index in [1.54, 1.807) is 13.0 Å². The van der Waals surface area contributed by atoms with Crippen molar-refractivity contribution >= 4 is 5.91 Å². The minimum absolute atomic E-state index is 0.0620. The smallest absolute Gasteiger partial charge is 0.255 e. The summed E-state index contributed by atoms with van der Waals surface area (Å²) < 4.78 is 5.37. The SMILES string of the molecule is Cc1cc(C(=O)NC2CCN(CC#N)CC2)c(C)o1. The third-order valence-corrected chi connectivity index (χ3v) is 3.50. The summed E-state index contributed by atoms with van der Waals surface area (Å²) in [7, 11) is 0. The summed E-state index contributed by atoms with van der Waals surface area (Å²) >= 11 is 0. The highest BCUT2D eigenvalue weighted by Crippen LogP contribution is 2.15. The van der Waals surface area contributed by atoms with Crippen LogP contribution in [0.15, 0.2) is 10.5 Å². The first-order valence-corrected chi connectivity index (χ1v) is 6.57. The Morgan fingerprint density at radius 3 is 2.74 bits per heavy atom. The maximum absolute atomic E-state index is 12.1. The van der Waals surface area contributed by atoms with Crippen molar-refractivity contribution < 1.29 is 9.21 Å². The molecule has 0 bridgehead atoms. The molecule has 0 radical (unpaired) electrons. The van der Waals surface area contributed by atoms with Crippen molar-refractivity contribution in [2.75, 3.05) is 19.6 Å². The number of carbonyl (C=O) groups is 1. The van der Waals surface area contributed by atoms with Crippen LogP contribution in [0.3, 0.4) is 0 Å². The molecule has 19 heavy (non-hydrogen) atoms. The van der Waals surface area contributed by atoms with E-state index in [4.69, 9.17) is 9.68 Å². The van der Waals surface area contributed by atoms with Gasteiger partial charge in [-0.3, -0.25) is 9.69 Å². The molecule has 1 aliphatic rings. The second-order valence-electron chi connectivity index (χ2n) is 5.01. The van der Waals surface area contributed by atoms with Crippen LogP contribution in [0.25, 0.3) is 0 Å². The van der Waals surface area contributed by atoms with Gasteiger partial charge < -0.3 is 9.73 Å². The number of hydrogen-bond donors (Lipinski definition) is 1. The molecule has 0 saturated carbocycles.